The van der Waals surface area contributed by atoms with Gasteiger partial charge in [0.25, 0.3) is 0 Å². The Morgan fingerprint density at radius 2 is 2.00 bits per heavy atom. The van der Waals surface area contributed by atoms with Crippen LogP contribution in [0.25, 0.3) is 0 Å². The van der Waals surface area contributed by atoms with E-state index in [0.717, 1.165) is 28.4 Å². The summed E-state index contributed by atoms with van der Waals surface area (Å²) in [5.41, 5.74) is 3.41. The van der Waals surface area contributed by atoms with Crippen LogP contribution >= 0.6 is 11.6 Å². The van der Waals surface area contributed by atoms with Crippen LogP contribution in [0.4, 0.5) is 0 Å². The standard InChI is InChI=1S/C17H20ClNO/c1-4-19-17(13-6-5-7-14(11-13)20-3)15-9-8-12(2)10-16(15)18/h5-11,17,19H,4H2,1-3H3. The maximum absolute atomic E-state index is 6.41. The number of hydrogen-bond acceptors (Lipinski definition) is 2. The third-order valence-corrected chi connectivity index (χ3v) is 3.63. The molecular formula is C17H20ClNO. The van der Waals surface area contributed by atoms with Gasteiger partial charge in [0.2, 0.25) is 0 Å². The molecule has 0 amide bonds. The van der Waals surface area contributed by atoms with Gasteiger partial charge < -0.3 is 10.1 Å². The fraction of sp³-hybridized carbons (Fsp3) is 0.294. The van der Waals surface area contributed by atoms with Gasteiger partial charge in [-0.2, -0.15) is 0 Å². The van der Waals surface area contributed by atoms with Crippen LogP contribution < -0.4 is 10.1 Å². The van der Waals surface area contributed by atoms with Crippen LogP contribution in [0.15, 0.2) is 42.5 Å². The molecule has 3 heteroatoms. The molecule has 2 aromatic rings. The Morgan fingerprint density at radius 3 is 2.65 bits per heavy atom. The minimum absolute atomic E-state index is 0.0724. The van der Waals surface area contributed by atoms with E-state index in [1.807, 2.05) is 31.2 Å². The quantitative estimate of drug-likeness (QED) is 0.883. The summed E-state index contributed by atoms with van der Waals surface area (Å²) in [5.74, 6) is 0.855. The lowest BCUT2D eigenvalue weighted by molar-refractivity contribution is 0.413. The lowest BCUT2D eigenvalue weighted by Crippen LogP contribution is -2.22. The zero-order valence-corrected chi connectivity index (χ0v) is 12.9. The molecule has 0 aliphatic rings. The molecule has 2 rings (SSSR count). The predicted molar refractivity (Wildman–Crippen MR) is 84.7 cm³/mol. The number of halogens is 1. The molecule has 106 valence electrons. The Labute approximate surface area is 125 Å². The van der Waals surface area contributed by atoms with Crippen molar-refractivity contribution in [2.24, 2.45) is 0 Å². The monoisotopic (exact) mass is 289 g/mol. The van der Waals surface area contributed by atoms with Gasteiger partial charge >= 0.3 is 0 Å². The van der Waals surface area contributed by atoms with Crippen molar-refractivity contribution >= 4 is 11.6 Å². The molecule has 0 aromatic heterocycles. The van der Waals surface area contributed by atoms with E-state index >= 15 is 0 Å². The topological polar surface area (TPSA) is 21.3 Å². The number of benzene rings is 2. The third kappa shape index (κ3) is 3.33. The zero-order chi connectivity index (χ0) is 14.5. The molecule has 1 atom stereocenters. The van der Waals surface area contributed by atoms with Crippen molar-refractivity contribution in [3.63, 3.8) is 0 Å². The molecule has 0 spiro atoms. The molecule has 0 heterocycles. The van der Waals surface area contributed by atoms with Crippen LogP contribution in [0, 0.1) is 6.92 Å². The molecular weight excluding hydrogens is 270 g/mol. The maximum Gasteiger partial charge on any atom is 0.119 e. The predicted octanol–water partition coefficient (Wildman–Crippen LogP) is 4.36. The zero-order valence-electron chi connectivity index (χ0n) is 12.1. The molecule has 0 fully saturated rings. The second-order valence-electron chi connectivity index (χ2n) is 4.79. The molecule has 0 aliphatic heterocycles. The van der Waals surface area contributed by atoms with Gasteiger partial charge in [-0.3, -0.25) is 0 Å². The first kappa shape index (κ1) is 14.9. The first-order chi connectivity index (χ1) is 9.65. The molecule has 0 aliphatic carbocycles. The fourth-order valence-electron chi connectivity index (χ4n) is 2.30. The van der Waals surface area contributed by atoms with E-state index in [1.165, 1.54) is 5.56 Å². The normalized spacial score (nSPS) is 12.2. The van der Waals surface area contributed by atoms with E-state index in [9.17, 15) is 0 Å². The highest BCUT2D eigenvalue weighted by molar-refractivity contribution is 6.31. The lowest BCUT2D eigenvalue weighted by atomic mass is 9.97. The number of hydrogen-bond donors (Lipinski definition) is 1. The van der Waals surface area contributed by atoms with Gasteiger partial charge in [0.05, 0.1) is 13.2 Å². The van der Waals surface area contributed by atoms with Crippen molar-refractivity contribution < 1.29 is 4.74 Å². The van der Waals surface area contributed by atoms with Crippen molar-refractivity contribution in [3.05, 3.63) is 64.2 Å². The summed E-state index contributed by atoms with van der Waals surface area (Å²) >= 11 is 6.41. The number of ether oxygens (including phenoxy) is 1. The second-order valence-corrected chi connectivity index (χ2v) is 5.20. The molecule has 20 heavy (non-hydrogen) atoms. The highest BCUT2D eigenvalue weighted by Crippen LogP contribution is 2.30. The summed E-state index contributed by atoms with van der Waals surface area (Å²) in [6.45, 7) is 5.00. The van der Waals surface area contributed by atoms with Gasteiger partial charge in [0.1, 0.15) is 5.75 Å². The Kier molecular flexibility index (Phi) is 5.05. The molecule has 1 N–H and O–H groups in total. The van der Waals surface area contributed by atoms with Crippen LogP contribution in [0.1, 0.15) is 29.7 Å². The summed E-state index contributed by atoms with van der Waals surface area (Å²) in [4.78, 5) is 0. The largest absolute Gasteiger partial charge is 0.497 e. The first-order valence-corrected chi connectivity index (χ1v) is 7.17. The van der Waals surface area contributed by atoms with Crippen molar-refractivity contribution in [1.29, 1.82) is 0 Å². The van der Waals surface area contributed by atoms with E-state index in [4.69, 9.17) is 16.3 Å². The van der Waals surface area contributed by atoms with Crippen molar-refractivity contribution in [1.82, 2.24) is 5.32 Å². The fourth-order valence-corrected chi connectivity index (χ4v) is 2.64. The Bertz CT molecular complexity index is 583. The summed E-state index contributed by atoms with van der Waals surface area (Å²) in [6, 6.07) is 14.3. The van der Waals surface area contributed by atoms with Crippen molar-refractivity contribution in [2.45, 2.75) is 19.9 Å². The highest BCUT2D eigenvalue weighted by atomic mass is 35.5. The molecule has 0 bridgehead atoms. The number of methoxy groups -OCH3 is 1. The van der Waals surface area contributed by atoms with E-state index in [0.29, 0.717) is 0 Å². The summed E-state index contributed by atoms with van der Waals surface area (Å²) in [7, 11) is 1.68. The molecule has 2 nitrogen and oxygen atoms in total. The van der Waals surface area contributed by atoms with E-state index in [-0.39, 0.29) is 6.04 Å². The van der Waals surface area contributed by atoms with E-state index < -0.39 is 0 Å². The molecule has 0 saturated heterocycles. The molecule has 0 radical (unpaired) electrons. The Balaban J connectivity index is 2.44. The van der Waals surface area contributed by atoms with Gasteiger partial charge in [-0.05, 0) is 48.4 Å². The maximum atomic E-state index is 6.41. The van der Waals surface area contributed by atoms with Crippen LogP contribution in [0.2, 0.25) is 5.02 Å². The Hall–Kier alpha value is -1.51. The smallest absolute Gasteiger partial charge is 0.119 e. The van der Waals surface area contributed by atoms with Crippen molar-refractivity contribution in [3.8, 4) is 5.75 Å². The van der Waals surface area contributed by atoms with Crippen LogP contribution in [-0.2, 0) is 0 Å². The van der Waals surface area contributed by atoms with E-state index in [1.54, 1.807) is 7.11 Å². The molecule has 2 aromatic carbocycles. The van der Waals surface area contributed by atoms with Gasteiger partial charge in [-0.15, -0.1) is 0 Å². The van der Waals surface area contributed by atoms with Crippen LogP contribution in [-0.4, -0.2) is 13.7 Å². The van der Waals surface area contributed by atoms with Gasteiger partial charge in [0.15, 0.2) is 0 Å². The Morgan fingerprint density at radius 1 is 1.20 bits per heavy atom. The summed E-state index contributed by atoms with van der Waals surface area (Å²) in [6.07, 6.45) is 0. The SMILES string of the molecule is CCNC(c1cccc(OC)c1)c1ccc(C)cc1Cl. The van der Waals surface area contributed by atoms with Gasteiger partial charge in [-0.1, -0.05) is 42.8 Å². The third-order valence-electron chi connectivity index (χ3n) is 3.30. The average Bonchev–Trinajstić information content (AvgIpc) is 2.45. The van der Waals surface area contributed by atoms with Gasteiger partial charge in [-0.25, -0.2) is 0 Å². The lowest BCUT2D eigenvalue weighted by Gasteiger charge is -2.21. The molecule has 0 saturated carbocycles. The first-order valence-electron chi connectivity index (χ1n) is 6.79. The molecule has 1 unspecified atom stereocenters. The van der Waals surface area contributed by atoms with Crippen molar-refractivity contribution in [2.75, 3.05) is 13.7 Å². The average molecular weight is 290 g/mol. The minimum atomic E-state index is 0.0724. The minimum Gasteiger partial charge on any atom is -0.497 e. The highest BCUT2D eigenvalue weighted by Gasteiger charge is 2.16. The van der Waals surface area contributed by atoms with Crippen LogP contribution in [0.5, 0.6) is 5.75 Å². The van der Waals surface area contributed by atoms with E-state index in [2.05, 4.69) is 30.4 Å². The summed E-state index contributed by atoms with van der Waals surface area (Å²) < 4.78 is 5.31. The number of rotatable bonds is 5. The second kappa shape index (κ2) is 6.78. The number of nitrogens with one attached hydrogen (secondary N) is 1. The number of aryl methyl sites for hydroxylation is 1. The summed E-state index contributed by atoms with van der Waals surface area (Å²) in [5, 5.41) is 4.28. The van der Waals surface area contributed by atoms with Crippen LogP contribution in [0.3, 0.4) is 0 Å². The van der Waals surface area contributed by atoms with Gasteiger partial charge in [0, 0.05) is 5.02 Å².